The number of benzene rings is 6. The van der Waals surface area contributed by atoms with Gasteiger partial charge in [-0.3, -0.25) is 4.57 Å². The van der Waals surface area contributed by atoms with Crippen LogP contribution >= 0.6 is 0 Å². The van der Waals surface area contributed by atoms with Crippen LogP contribution in [0.5, 0.6) is 11.5 Å². The van der Waals surface area contributed by atoms with Gasteiger partial charge in [0.15, 0.2) is 0 Å². The van der Waals surface area contributed by atoms with Gasteiger partial charge in [0.2, 0.25) is 0 Å². The molecule has 3 aromatic heterocycles. The van der Waals surface area contributed by atoms with Gasteiger partial charge in [-0.25, -0.2) is 4.98 Å². The second-order valence-corrected chi connectivity index (χ2v) is 20.0. The Morgan fingerprint density at radius 2 is 1.27 bits per heavy atom. The maximum absolute atomic E-state index is 6.96. The normalized spacial score (nSPS) is 12.2. The van der Waals surface area contributed by atoms with E-state index in [-0.39, 0.29) is 37.3 Å². The summed E-state index contributed by atoms with van der Waals surface area (Å²) in [5.41, 5.74) is 13.8. The molecule has 0 spiro atoms. The van der Waals surface area contributed by atoms with E-state index in [9.17, 15) is 0 Å². The smallest absolute Gasteiger partial charge is 0.267 e. The van der Waals surface area contributed by atoms with E-state index >= 15 is 0 Å². The predicted octanol–water partition coefficient (Wildman–Crippen LogP) is 14.3. The van der Waals surface area contributed by atoms with Crippen LogP contribution in [0.4, 0.5) is 0 Å². The van der Waals surface area contributed by atoms with Gasteiger partial charge in [-0.1, -0.05) is 147 Å². The van der Waals surface area contributed by atoms with Crippen molar-refractivity contribution < 1.29 is 30.4 Å². The second-order valence-electron chi connectivity index (χ2n) is 20.0. The Morgan fingerprint density at radius 3 is 1.97 bits per heavy atom. The first-order valence-corrected chi connectivity index (χ1v) is 22.0. The van der Waals surface area contributed by atoms with Crippen LogP contribution in [-0.2, 0) is 37.3 Å². The van der Waals surface area contributed by atoms with Crippen molar-refractivity contribution >= 4 is 21.8 Å². The SMILES string of the molecule is Cc1cccc(C)c1-c1cc(Oc2[c-]c3c(cc2)c2ccccc2n3-c2cc(C(C)(C)C)ccn2)[c-]c(-n2[c-][n+](-c3cccc(-c4ccccc4)c3)c(C(C)(C)C)c2C(C)(C)C)c1.[Pt]. The first-order chi connectivity index (χ1) is 30.0. The Bertz CT molecular complexity index is 3150. The molecule has 0 unspecified atom stereocenters. The minimum atomic E-state index is -0.268. The molecule has 0 saturated heterocycles. The molecular formula is C58H56N4OPt-2. The zero-order valence-electron chi connectivity index (χ0n) is 38.8. The third-order valence-corrected chi connectivity index (χ3v) is 12.0. The molecule has 0 aliphatic heterocycles. The number of nitrogens with zero attached hydrogens (tertiary/aromatic N) is 4. The number of hydrogen-bond donors (Lipinski definition) is 0. The van der Waals surface area contributed by atoms with Gasteiger partial charge < -0.3 is 13.9 Å². The van der Waals surface area contributed by atoms with Gasteiger partial charge in [0.05, 0.1) is 17.1 Å². The fraction of sp³-hybridized carbons (Fsp3) is 0.241. The van der Waals surface area contributed by atoms with Gasteiger partial charge in [-0.15, -0.1) is 35.2 Å². The third-order valence-electron chi connectivity index (χ3n) is 12.0. The monoisotopic (exact) mass is 1020 g/mol. The Morgan fingerprint density at radius 1 is 0.578 bits per heavy atom. The van der Waals surface area contributed by atoms with Crippen molar-refractivity contribution in [2.45, 2.75) is 92.4 Å². The van der Waals surface area contributed by atoms with E-state index < -0.39 is 0 Å². The molecule has 5 nitrogen and oxygen atoms in total. The van der Waals surface area contributed by atoms with Gasteiger partial charge >= 0.3 is 0 Å². The summed E-state index contributed by atoms with van der Waals surface area (Å²) in [5.74, 6) is 2.03. The van der Waals surface area contributed by atoms with E-state index in [1.165, 1.54) is 33.5 Å². The molecule has 326 valence electrons. The molecule has 0 amide bonds. The van der Waals surface area contributed by atoms with Gasteiger partial charge in [0.25, 0.3) is 6.33 Å². The first kappa shape index (κ1) is 44.6. The molecule has 0 bridgehead atoms. The molecule has 0 N–H and O–H groups in total. The number of hydrogen-bond acceptors (Lipinski definition) is 2. The van der Waals surface area contributed by atoms with E-state index in [1.54, 1.807) is 0 Å². The van der Waals surface area contributed by atoms with E-state index in [4.69, 9.17) is 9.72 Å². The number of ether oxygens (including phenoxy) is 1. The van der Waals surface area contributed by atoms with Crippen LogP contribution in [0.1, 0.15) is 90.4 Å². The zero-order chi connectivity index (χ0) is 44.4. The van der Waals surface area contributed by atoms with Crippen molar-refractivity contribution in [1.82, 2.24) is 14.1 Å². The van der Waals surface area contributed by atoms with Crippen LogP contribution in [0.25, 0.3) is 61.3 Å². The molecule has 64 heavy (non-hydrogen) atoms. The molecule has 3 heterocycles. The molecular weight excluding hydrogens is 964 g/mol. The van der Waals surface area contributed by atoms with E-state index in [0.29, 0.717) is 11.5 Å². The fourth-order valence-corrected chi connectivity index (χ4v) is 9.02. The molecule has 9 aromatic rings. The average Bonchev–Trinajstić information content (AvgIpc) is 3.82. The average molecular weight is 1020 g/mol. The predicted molar refractivity (Wildman–Crippen MR) is 259 cm³/mol. The minimum Gasteiger partial charge on any atom is -0.510 e. The molecule has 0 radical (unpaired) electrons. The summed E-state index contributed by atoms with van der Waals surface area (Å²) in [6, 6.07) is 54.6. The van der Waals surface area contributed by atoms with Gasteiger partial charge in [-0.2, -0.15) is 12.1 Å². The first-order valence-electron chi connectivity index (χ1n) is 22.0. The number of aryl methyl sites for hydroxylation is 2. The van der Waals surface area contributed by atoms with E-state index in [0.717, 1.165) is 55.8 Å². The van der Waals surface area contributed by atoms with Crippen LogP contribution < -0.4 is 9.30 Å². The fourth-order valence-electron chi connectivity index (χ4n) is 9.02. The maximum atomic E-state index is 6.96. The second kappa shape index (κ2) is 16.8. The summed E-state index contributed by atoms with van der Waals surface area (Å²) < 4.78 is 13.6. The topological polar surface area (TPSA) is 35.9 Å². The van der Waals surface area contributed by atoms with Crippen molar-refractivity contribution in [1.29, 1.82) is 0 Å². The largest absolute Gasteiger partial charge is 0.510 e. The van der Waals surface area contributed by atoms with Crippen molar-refractivity contribution in [3.05, 3.63) is 186 Å². The van der Waals surface area contributed by atoms with Crippen molar-refractivity contribution in [2.75, 3.05) is 0 Å². The number of rotatable bonds is 7. The summed E-state index contributed by atoms with van der Waals surface area (Å²) in [7, 11) is 0. The van der Waals surface area contributed by atoms with Gasteiger partial charge in [0, 0.05) is 44.3 Å². The van der Waals surface area contributed by atoms with Crippen molar-refractivity contribution in [2.24, 2.45) is 0 Å². The number of imidazole rings is 1. The quantitative estimate of drug-likeness (QED) is 0.118. The number of pyridine rings is 1. The van der Waals surface area contributed by atoms with Crippen LogP contribution in [0.15, 0.2) is 140 Å². The van der Waals surface area contributed by atoms with Crippen LogP contribution in [0.2, 0.25) is 0 Å². The molecule has 0 fully saturated rings. The Balaban J connectivity index is 0.00000560. The summed E-state index contributed by atoms with van der Waals surface area (Å²) in [4.78, 5) is 4.90. The molecule has 6 heteroatoms. The van der Waals surface area contributed by atoms with Crippen molar-refractivity contribution in [3.8, 4) is 50.9 Å². The van der Waals surface area contributed by atoms with Crippen molar-refractivity contribution in [3.63, 3.8) is 0 Å². The van der Waals surface area contributed by atoms with E-state index in [1.807, 2.05) is 12.3 Å². The summed E-state index contributed by atoms with van der Waals surface area (Å²) >= 11 is 0. The Hall–Kier alpha value is -6.03. The van der Waals surface area contributed by atoms with Crippen LogP contribution in [0.3, 0.4) is 0 Å². The summed E-state index contributed by atoms with van der Waals surface area (Å²) in [6.45, 7) is 24.8. The Kier molecular flexibility index (Phi) is 11.7. The maximum Gasteiger partial charge on any atom is 0.267 e. The zero-order valence-corrected chi connectivity index (χ0v) is 41.1. The molecule has 0 aliphatic rings. The Labute approximate surface area is 393 Å². The van der Waals surface area contributed by atoms with Crippen LogP contribution in [0, 0.1) is 32.3 Å². The molecule has 0 atom stereocenters. The van der Waals surface area contributed by atoms with E-state index in [2.05, 4.69) is 236 Å². The molecule has 6 aromatic carbocycles. The number of para-hydroxylation sites is 1. The molecule has 0 saturated carbocycles. The summed E-state index contributed by atoms with van der Waals surface area (Å²) in [6.07, 6.45) is 5.79. The van der Waals surface area contributed by atoms with Gasteiger partial charge in [0.1, 0.15) is 5.82 Å². The molecule has 9 rings (SSSR count). The summed E-state index contributed by atoms with van der Waals surface area (Å²) in [5, 5.41) is 2.22. The standard InChI is InChI=1S/C58H56N4O.Pt/c1-38-19-17-20-39(2)53(38)42-32-45(61-37-60(54(57(6,7)8)55(61)58(9,10)11)44-24-18-23-41(31-44)40-21-13-12-14-22-40)35-47(33-42)63-46-27-28-49-48-25-15-16-26-50(48)62(51(49)36-46)52-34-43(29-30-59-52)56(3,4)5;/h12-34H,1-11H3;/q-2;. The number of fused-ring (bicyclic) bond motifs is 3. The van der Waals surface area contributed by atoms with Crippen LogP contribution in [-0.4, -0.2) is 14.1 Å². The number of aromatic nitrogens is 4. The molecule has 0 aliphatic carbocycles. The third kappa shape index (κ3) is 8.39. The minimum absolute atomic E-state index is 0. The van der Waals surface area contributed by atoms with Gasteiger partial charge in [-0.05, 0) is 105 Å².